The van der Waals surface area contributed by atoms with Crippen LogP contribution >= 0.6 is 11.3 Å². The highest BCUT2D eigenvalue weighted by Gasteiger charge is 2.31. The minimum Gasteiger partial charge on any atom is -0.309 e. The van der Waals surface area contributed by atoms with Crippen molar-refractivity contribution in [3.63, 3.8) is 0 Å². The van der Waals surface area contributed by atoms with E-state index in [1.165, 1.54) is 25.0 Å². The van der Waals surface area contributed by atoms with E-state index in [0.717, 1.165) is 24.3 Å². The number of thiazole rings is 1. The van der Waals surface area contributed by atoms with Crippen LogP contribution in [0.2, 0.25) is 0 Å². The number of aromatic nitrogens is 1. The lowest BCUT2D eigenvalue weighted by Gasteiger charge is -2.36. The minimum absolute atomic E-state index is 0.469. The van der Waals surface area contributed by atoms with Gasteiger partial charge in [-0.25, -0.2) is 4.98 Å². The summed E-state index contributed by atoms with van der Waals surface area (Å²) in [6.07, 6.45) is 4.09. The quantitative estimate of drug-likeness (QED) is 0.880. The molecule has 1 heterocycles. The molecular weight excluding hydrogens is 228 g/mol. The van der Waals surface area contributed by atoms with Crippen LogP contribution in [-0.4, -0.2) is 11.5 Å². The number of hydrogen-bond donors (Lipinski definition) is 1. The summed E-state index contributed by atoms with van der Waals surface area (Å²) < 4.78 is 0. The summed E-state index contributed by atoms with van der Waals surface area (Å²) in [5.41, 5.74) is 3.21. The van der Waals surface area contributed by atoms with Crippen LogP contribution in [0, 0.1) is 17.8 Å². The predicted octanol–water partition coefficient (Wildman–Crippen LogP) is 3.87. The van der Waals surface area contributed by atoms with E-state index in [9.17, 15) is 0 Å². The van der Waals surface area contributed by atoms with Crippen molar-refractivity contribution in [2.75, 3.05) is 6.54 Å². The van der Waals surface area contributed by atoms with E-state index in [1.807, 2.05) is 5.51 Å². The van der Waals surface area contributed by atoms with Gasteiger partial charge in [-0.2, -0.15) is 0 Å². The first-order chi connectivity index (χ1) is 8.20. The Morgan fingerprint density at radius 1 is 1.35 bits per heavy atom. The molecule has 1 fully saturated rings. The van der Waals surface area contributed by atoms with Crippen molar-refractivity contribution in [3.8, 4) is 0 Å². The Balaban J connectivity index is 2.10. The van der Waals surface area contributed by atoms with Crippen LogP contribution in [0.15, 0.2) is 10.9 Å². The van der Waals surface area contributed by atoms with E-state index in [0.29, 0.717) is 6.04 Å². The van der Waals surface area contributed by atoms with Crippen molar-refractivity contribution in [2.45, 2.75) is 46.1 Å². The average molecular weight is 252 g/mol. The van der Waals surface area contributed by atoms with Crippen LogP contribution in [0.25, 0.3) is 0 Å². The molecule has 3 heteroatoms. The molecule has 2 nitrogen and oxygen atoms in total. The number of nitrogens with zero attached hydrogens (tertiary/aromatic N) is 1. The fourth-order valence-corrected chi connectivity index (χ4v) is 3.98. The Labute approximate surface area is 109 Å². The van der Waals surface area contributed by atoms with E-state index in [4.69, 9.17) is 0 Å². The van der Waals surface area contributed by atoms with E-state index < -0.39 is 0 Å². The van der Waals surface area contributed by atoms with Gasteiger partial charge in [0.05, 0.1) is 17.2 Å². The highest BCUT2D eigenvalue weighted by atomic mass is 32.1. The Kier molecular flexibility index (Phi) is 4.57. The molecule has 0 radical (unpaired) electrons. The Hall–Kier alpha value is -0.410. The van der Waals surface area contributed by atoms with Gasteiger partial charge in [-0.05, 0) is 43.6 Å². The normalized spacial score (nSPS) is 31.4. The maximum absolute atomic E-state index is 4.52. The molecule has 1 aliphatic carbocycles. The molecule has 0 aromatic carbocycles. The molecule has 1 aromatic heterocycles. The van der Waals surface area contributed by atoms with Gasteiger partial charge in [0.1, 0.15) is 0 Å². The SMILES string of the molecule is CCNC(c1cscn1)C1CC(C)CC(C)C1. The fraction of sp³-hybridized carbons (Fsp3) is 0.786. The Bertz CT molecular complexity index is 313. The third-order valence-corrected chi connectivity index (χ3v) is 4.49. The zero-order valence-corrected chi connectivity index (χ0v) is 12.0. The summed E-state index contributed by atoms with van der Waals surface area (Å²) in [5.74, 6) is 2.49. The minimum atomic E-state index is 0.469. The second-order valence-electron chi connectivity index (χ2n) is 5.63. The third-order valence-electron chi connectivity index (χ3n) is 3.88. The summed E-state index contributed by atoms with van der Waals surface area (Å²) >= 11 is 1.71. The van der Waals surface area contributed by atoms with Crippen molar-refractivity contribution < 1.29 is 0 Å². The number of nitrogens with one attached hydrogen (secondary N) is 1. The summed E-state index contributed by atoms with van der Waals surface area (Å²) in [7, 11) is 0. The largest absolute Gasteiger partial charge is 0.309 e. The monoisotopic (exact) mass is 252 g/mol. The van der Waals surface area contributed by atoms with Gasteiger partial charge in [0.25, 0.3) is 0 Å². The lowest BCUT2D eigenvalue weighted by Crippen LogP contribution is -2.33. The Morgan fingerprint density at radius 3 is 2.59 bits per heavy atom. The molecule has 1 aromatic rings. The van der Waals surface area contributed by atoms with Crippen molar-refractivity contribution >= 4 is 11.3 Å². The van der Waals surface area contributed by atoms with Gasteiger partial charge in [0.2, 0.25) is 0 Å². The summed E-state index contributed by atoms with van der Waals surface area (Å²) in [4.78, 5) is 4.52. The van der Waals surface area contributed by atoms with Crippen LogP contribution in [0.5, 0.6) is 0 Å². The molecule has 2 rings (SSSR count). The van der Waals surface area contributed by atoms with Crippen LogP contribution in [0.3, 0.4) is 0 Å². The summed E-state index contributed by atoms with van der Waals surface area (Å²) in [6, 6.07) is 0.469. The van der Waals surface area contributed by atoms with Crippen molar-refractivity contribution in [2.24, 2.45) is 17.8 Å². The lowest BCUT2D eigenvalue weighted by atomic mass is 9.73. The number of hydrogen-bond acceptors (Lipinski definition) is 3. The zero-order chi connectivity index (χ0) is 12.3. The van der Waals surface area contributed by atoms with Gasteiger partial charge in [-0.3, -0.25) is 0 Å². The molecule has 1 N–H and O–H groups in total. The highest BCUT2D eigenvalue weighted by Crippen LogP contribution is 2.39. The first-order valence-corrected chi connectivity index (χ1v) is 7.76. The summed E-state index contributed by atoms with van der Waals surface area (Å²) in [6.45, 7) is 8.01. The zero-order valence-electron chi connectivity index (χ0n) is 11.1. The molecule has 0 amide bonds. The van der Waals surface area contributed by atoms with E-state index in [-0.39, 0.29) is 0 Å². The molecule has 96 valence electrons. The van der Waals surface area contributed by atoms with Gasteiger partial charge in [0.15, 0.2) is 0 Å². The molecular formula is C14H24N2S. The molecule has 3 atom stereocenters. The topological polar surface area (TPSA) is 24.9 Å². The van der Waals surface area contributed by atoms with Crippen LogP contribution in [0.4, 0.5) is 0 Å². The predicted molar refractivity (Wildman–Crippen MR) is 74.2 cm³/mol. The van der Waals surface area contributed by atoms with E-state index >= 15 is 0 Å². The first-order valence-electron chi connectivity index (χ1n) is 6.82. The van der Waals surface area contributed by atoms with Crippen molar-refractivity contribution in [1.29, 1.82) is 0 Å². The molecule has 1 saturated carbocycles. The van der Waals surface area contributed by atoms with Gasteiger partial charge in [0, 0.05) is 5.38 Å². The maximum Gasteiger partial charge on any atom is 0.0795 e. The molecule has 0 aliphatic heterocycles. The van der Waals surface area contributed by atoms with Crippen molar-refractivity contribution in [1.82, 2.24) is 10.3 Å². The molecule has 0 saturated heterocycles. The van der Waals surface area contributed by atoms with Crippen LogP contribution in [-0.2, 0) is 0 Å². The standard InChI is InChI=1S/C14H24N2S/c1-4-15-14(13-8-17-9-16-13)12-6-10(2)5-11(3)7-12/h8-12,14-15H,4-7H2,1-3H3. The smallest absolute Gasteiger partial charge is 0.0795 e. The summed E-state index contributed by atoms with van der Waals surface area (Å²) in [5, 5.41) is 5.85. The van der Waals surface area contributed by atoms with Crippen molar-refractivity contribution in [3.05, 3.63) is 16.6 Å². The molecule has 0 spiro atoms. The Morgan fingerprint density at radius 2 is 2.06 bits per heavy atom. The molecule has 1 aliphatic rings. The second-order valence-corrected chi connectivity index (χ2v) is 6.34. The highest BCUT2D eigenvalue weighted by molar-refractivity contribution is 7.07. The molecule has 17 heavy (non-hydrogen) atoms. The first kappa shape index (κ1) is 13.0. The van der Waals surface area contributed by atoms with E-state index in [1.54, 1.807) is 11.3 Å². The van der Waals surface area contributed by atoms with Crippen LogP contribution < -0.4 is 5.32 Å². The fourth-order valence-electron chi connectivity index (χ4n) is 3.39. The van der Waals surface area contributed by atoms with Gasteiger partial charge >= 0.3 is 0 Å². The van der Waals surface area contributed by atoms with Gasteiger partial charge in [-0.15, -0.1) is 11.3 Å². The van der Waals surface area contributed by atoms with Gasteiger partial charge < -0.3 is 5.32 Å². The second kappa shape index (κ2) is 5.96. The molecule has 0 bridgehead atoms. The maximum atomic E-state index is 4.52. The van der Waals surface area contributed by atoms with Gasteiger partial charge in [-0.1, -0.05) is 20.8 Å². The molecule has 3 unspecified atom stereocenters. The van der Waals surface area contributed by atoms with Crippen LogP contribution in [0.1, 0.15) is 51.8 Å². The number of rotatable bonds is 4. The van der Waals surface area contributed by atoms with E-state index in [2.05, 4.69) is 36.5 Å². The third kappa shape index (κ3) is 3.29. The average Bonchev–Trinajstić information content (AvgIpc) is 2.77. The lowest BCUT2D eigenvalue weighted by molar-refractivity contribution is 0.176.